The van der Waals surface area contributed by atoms with Gasteiger partial charge in [-0.1, -0.05) is 81.4 Å². The van der Waals surface area contributed by atoms with Crippen LogP contribution in [-0.2, 0) is 14.0 Å². The van der Waals surface area contributed by atoms with Crippen LogP contribution >= 0.6 is 0 Å². The molecular weight excluding hydrogens is 426 g/mol. The molecule has 33 heavy (non-hydrogen) atoms. The van der Waals surface area contributed by atoms with Gasteiger partial charge in [0.05, 0.1) is 18.8 Å². The third-order valence-corrected chi connectivity index (χ3v) is 11.9. The SMILES string of the molecule is CCOC(=O)[C@@H]1CC[C@@H](O[Si](C)(C)C(C)(C)C)[C@H](C)N1C(c1ccccc1)c1ccccc1. The number of likely N-dealkylation sites (tertiary alicyclic amines) is 1. The van der Waals surface area contributed by atoms with E-state index in [-0.39, 0.29) is 35.2 Å². The lowest BCUT2D eigenvalue weighted by atomic mass is 9.87. The van der Waals surface area contributed by atoms with Gasteiger partial charge in [-0.15, -0.1) is 0 Å². The Morgan fingerprint density at radius 2 is 1.52 bits per heavy atom. The zero-order valence-corrected chi connectivity index (χ0v) is 22.4. The Hall–Kier alpha value is -1.95. The molecule has 2 aromatic carbocycles. The summed E-state index contributed by atoms with van der Waals surface area (Å²) in [4.78, 5) is 15.5. The first-order chi connectivity index (χ1) is 15.6. The Bertz CT molecular complexity index is 855. The Labute approximate surface area is 201 Å². The number of hydrogen-bond donors (Lipinski definition) is 0. The van der Waals surface area contributed by atoms with E-state index in [4.69, 9.17) is 9.16 Å². The smallest absolute Gasteiger partial charge is 0.323 e. The first-order valence-corrected chi connectivity index (χ1v) is 15.2. The van der Waals surface area contributed by atoms with Crippen molar-refractivity contribution >= 4 is 14.3 Å². The molecule has 5 heteroatoms. The Morgan fingerprint density at radius 1 is 1.00 bits per heavy atom. The van der Waals surface area contributed by atoms with Crippen LogP contribution in [-0.4, -0.2) is 44.0 Å². The molecule has 2 aromatic rings. The monoisotopic (exact) mass is 467 g/mol. The number of piperidine rings is 1. The highest BCUT2D eigenvalue weighted by Crippen LogP contribution is 2.42. The van der Waals surface area contributed by atoms with Crippen molar-refractivity contribution in [2.45, 2.75) is 89.8 Å². The lowest BCUT2D eigenvalue weighted by Gasteiger charge is -2.50. The number of benzene rings is 2. The van der Waals surface area contributed by atoms with Crippen molar-refractivity contribution in [3.8, 4) is 0 Å². The number of carbonyl (C=O) groups excluding carboxylic acids is 1. The van der Waals surface area contributed by atoms with E-state index in [1.165, 1.54) is 11.1 Å². The third kappa shape index (κ3) is 5.76. The first kappa shape index (κ1) is 25.7. The molecule has 1 aliphatic rings. The Morgan fingerprint density at radius 3 is 1.97 bits per heavy atom. The quantitative estimate of drug-likeness (QED) is 0.340. The highest BCUT2D eigenvalue weighted by Gasteiger charge is 2.47. The van der Waals surface area contributed by atoms with Gasteiger partial charge >= 0.3 is 5.97 Å². The average Bonchev–Trinajstić information content (AvgIpc) is 2.77. The molecule has 0 bridgehead atoms. The van der Waals surface area contributed by atoms with Gasteiger partial charge in [0.25, 0.3) is 0 Å². The summed E-state index contributed by atoms with van der Waals surface area (Å²) in [6, 6.07) is 20.7. The maximum atomic E-state index is 13.2. The predicted octanol–water partition coefficient (Wildman–Crippen LogP) is 6.58. The van der Waals surface area contributed by atoms with Gasteiger partial charge in [-0.05, 0) is 55.9 Å². The zero-order valence-electron chi connectivity index (χ0n) is 21.4. The molecule has 3 rings (SSSR count). The fraction of sp³-hybridized carbons (Fsp3) is 0.536. The van der Waals surface area contributed by atoms with Gasteiger partial charge < -0.3 is 9.16 Å². The zero-order chi connectivity index (χ0) is 24.2. The summed E-state index contributed by atoms with van der Waals surface area (Å²) >= 11 is 0. The minimum absolute atomic E-state index is 0.0531. The molecular formula is C28H41NO3Si. The third-order valence-electron chi connectivity index (χ3n) is 7.43. The highest BCUT2D eigenvalue weighted by molar-refractivity contribution is 6.74. The second kappa shape index (κ2) is 10.5. The number of carbonyl (C=O) groups is 1. The van der Waals surface area contributed by atoms with Gasteiger partial charge in [-0.2, -0.15) is 0 Å². The van der Waals surface area contributed by atoms with Crippen LogP contribution in [0.2, 0.25) is 18.1 Å². The van der Waals surface area contributed by atoms with Crippen LogP contribution in [0, 0.1) is 0 Å². The topological polar surface area (TPSA) is 38.8 Å². The summed E-state index contributed by atoms with van der Waals surface area (Å²) in [6.07, 6.45) is 1.68. The average molecular weight is 468 g/mol. The van der Waals surface area contributed by atoms with Crippen LogP contribution in [0.5, 0.6) is 0 Å². The van der Waals surface area contributed by atoms with Gasteiger partial charge in [0.15, 0.2) is 8.32 Å². The second-order valence-corrected chi connectivity index (χ2v) is 15.4. The predicted molar refractivity (Wildman–Crippen MR) is 138 cm³/mol. The van der Waals surface area contributed by atoms with Crippen molar-refractivity contribution < 1.29 is 14.0 Å². The molecule has 0 unspecified atom stereocenters. The minimum Gasteiger partial charge on any atom is -0.465 e. The van der Waals surface area contributed by atoms with Crippen molar-refractivity contribution in [1.29, 1.82) is 0 Å². The van der Waals surface area contributed by atoms with E-state index in [0.29, 0.717) is 6.61 Å². The molecule has 1 heterocycles. The Balaban J connectivity index is 2.06. The first-order valence-electron chi connectivity index (χ1n) is 12.3. The number of ether oxygens (including phenoxy) is 1. The Kier molecular flexibility index (Phi) is 8.20. The van der Waals surface area contributed by atoms with Gasteiger partial charge in [-0.3, -0.25) is 9.69 Å². The summed E-state index contributed by atoms with van der Waals surface area (Å²) in [5.41, 5.74) is 2.36. The molecule has 4 nitrogen and oxygen atoms in total. The van der Waals surface area contributed by atoms with Crippen molar-refractivity contribution in [3.05, 3.63) is 71.8 Å². The van der Waals surface area contributed by atoms with E-state index >= 15 is 0 Å². The molecule has 0 amide bonds. The summed E-state index contributed by atoms with van der Waals surface area (Å²) in [5.74, 6) is -0.132. The van der Waals surface area contributed by atoms with E-state index in [0.717, 1.165) is 12.8 Å². The molecule has 1 saturated heterocycles. The van der Waals surface area contributed by atoms with E-state index in [1.807, 2.05) is 19.1 Å². The van der Waals surface area contributed by atoms with Crippen molar-refractivity contribution in [1.82, 2.24) is 4.90 Å². The normalized spacial score (nSPS) is 22.4. The molecule has 1 aliphatic heterocycles. The van der Waals surface area contributed by atoms with Crippen LogP contribution in [0.25, 0.3) is 0 Å². The van der Waals surface area contributed by atoms with Crippen LogP contribution < -0.4 is 0 Å². The number of nitrogens with zero attached hydrogens (tertiary/aromatic N) is 1. The molecule has 180 valence electrons. The number of esters is 1. The van der Waals surface area contributed by atoms with Gasteiger partial charge in [0, 0.05) is 6.04 Å². The molecule has 0 aliphatic carbocycles. The second-order valence-electron chi connectivity index (χ2n) is 10.7. The van der Waals surface area contributed by atoms with Crippen LogP contribution in [0.3, 0.4) is 0 Å². The van der Waals surface area contributed by atoms with Gasteiger partial charge in [0.2, 0.25) is 0 Å². The largest absolute Gasteiger partial charge is 0.465 e. The van der Waals surface area contributed by atoms with E-state index in [2.05, 4.69) is 94.2 Å². The number of rotatable bonds is 7. The van der Waals surface area contributed by atoms with Crippen LogP contribution in [0.15, 0.2) is 60.7 Å². The van der Waals surface area contributed by atoms with E-state index < -0.39 is 8.32 Å². The summed E-state index contributed by atoms with van der Waals surface area (Å²) in [6.45, 7) is 16.0. The van der Waals surface area contributed by atoms with Crippen molar-refractivity contribution in [3.63, 3.8) is 0 Å². The standard InChI is InChI=1S/C28H41NO3Si/c1-8-31-27(30)24-19-20-25(32-33(6,7)28(3,4)5)21(2)29(24)26(22-15-11-9-12-16-22)23-17-13-10-14-18-23/h9-18,21,24-26H,8,19-20H2,1-7H3/t21-,24-,25+/m0/s1. The van der Waals surface area contributed by atoms with Crippen molar-refractivity contribution in [2.24, 2.45) is 0 Å². The fourth-order valence-corrected chi connectivity index (χ4v) is 6.03. The van der Waals surface area contributed by atoms with Crippen molar-refractivity contribution in [2.75, 3.05) is 6.61 Å². The van der Waals surface area contributed by atoms with E-state index in [9.17, 15) is 4.79 Å². The molecule has 1 fully saturated rings. The molecule has 0 N–H and O–H groups in total. The maximum absolute atomic E-state index is 13.2. The molecule has 0 aromatic heterocycles. The van der Waals surface area contributed by atoms with Gasteiger partial charge in [0.1, 0.15) is 6.04 Å². The highest BCUT2D eigenvalue weighted by atomic mass is 28.4. The van der Waals surface area contributed by atoms with E-state index in [1.54, 1.807) is 0 Å². The molecule has 0 saturated carbocycles. The summed E-state index contributed by atoms with van der Waals surface area (Å²) in [5, 5.41) is 0.133. The van der Waals surface area contributed by atoms with Crippen LogP contribution in [0.4, 0.5) is 0 Å². The molecule has 0 radical (unpaired) electrons. The summed E-state index contributed by atoms with van der Waals surface area (Å²) < 4.78 is 12.5. The number of hydrogen-bond acceptors (Lipinski definition) is 4. The summed E-state index contributed by atoms with van der Waals surface area (Å²) in [7, 11) is -1.96. The maximum Gasteiger partial charge on any atom is 0.323 e. The van der Waals surface area contributed by atoms with Gasteiger partial charge in [-0.25, -0.2) is 0 Å². The lowest BCUT2D eigenvalue weighted by molar-refractivity contribution is -0.156. The lowest BCUT2D eigenvalue weighted by Crippen LogP contribution is -2.59. The molecule has 3 atom stereocenters. The molecule has 0 spiro atoms. The van der Waals surface area contributed by atoms with Crippen LogP contribution in [0.1, 0.15) is 64.6 Å². The minimum atomic E-state index is -1.96. The fourth-order valence-electron chi connectivity index (χ4n) is 4.60.